The lowest BCUT2D eigenvalue weighted by Gasteiger charge is -2.02. The lowest BCUT2D eigenvalue weighted by molar-refractivity contribution is -0.108. The van der Waals surface area contributed by atoms with Gasteiger partial charge in [0.05, 0.1) is 0 Å². The topological polar surface area (TPSA) is 34.1 Å². The van der Waals surface area contributed by atoms with E-state index in [0.29, 0.717) is 6.42 Å². The van der Waals surface area contributed by atoms with Crippen molar-refractivity contribution in [3.8, 4) is 0 Å². The highest BCUT2D eigenvalue weighted by atomic mass is 16.1. The Hall–Kier alpha value is -0.660. The lowest BCUT2D eigenvalue weighted by Crippen LogP contribution is -2.02. The average molecular weight is 155 g/mol. The Kier molecular flexibility index (Phi) is 7.00. The van der Waals surface area contributed by atoms with Crippen molar-refractivity contribution in [3.05, 3.63) is 0 Å². The molecule has 0 aliphatic rings. The number of hydrogen-bond acceptors (Lipinski definition) is 2. The van der Waals surface area contributed by atoms with Crippen molar-refractivity contribution in [2.24, 2.45) is 5.92 Å². The molecule has 0 heterocycles. The molecule has 0 spiro atoms. The molecule has 1 unspecified atom stereocenters. The van der Waals surface area contributed by atoms with Gasteiger partial charge in [0.2, 0.25) is 6.29 Å². The second-order valence-electron chi connectivity index (χ2n) is 2.71. The molecule has 0 rings (SSSR count). The van der Waals surface area contributed by atoms with Gasteiger partial charge in [-0.1, -0.05) is 26.2 Å². The Bertz CT molecular complexity index is 110. The molecule has 0 aromatic heterocycles. The summed E-state index contributed by atoms with van der Waals surface area (Å²) >= 11 is 0. The van der Waals surface area contributed by atoms with E-state index in [1.165, 1.54) is 0 Å². The molecule has 0 aliphatic carbocycles. The van der Waals surface area contributed by atoms with E-state index in [9.17, 15) is 9.59 Å². The first-order valence-electron chi connectivity index (χ1n) is 4.16. The monoisotopic (exact) mass is 155 g/mol. The summed E-state index contributed by atoms with van der Waals surface area (Å²) in [6, 6.07) is 0. The van der Waals surface area contributed by atoms with E-state index in [2.05, 4.69) is 6.92 Å². The predicted octanol–water partition coefficient (Wildman–Crippen LogP) is 1.88. The van der Waals surface area contributed by atoms with Crippen molar-refractivity contribution in [2.45, 2.75) is 39.0 Å². The van der Waals surface area contributed by atoms with Crippen LogP contribution in [0.2, 0.25) is 0 Å². The van der Waals surface area contributed by atoms with Crippen LogP contribution in [0.4, 0.5) is 0 Å². The van der Waals surface area contributed by atoms with E-state index in [4.69, 9.17) is 0 Å². The van der Waals surface area contributed by atoms with Gasteiger partial charge >= 0.3 is 0 Å². The smallest absolute Gasteiger partial charge is 0.202 e. The zero-order chi connectivity index (χ0) is 8.53. The molecular weight excluding hydrogens is 140 g/mol. The SMILES string of the molecule is CCCCCC([C]=O)CC=O. The van der Waals surface area contributed by atoms with Gasteiger partial charge in [0, 0.05) is 12.3 Å². The fourth-order valence-corrected chi connectivity index (χ4v) is 0.982. The summed E-state index contributed by atoms with van der Waals surface area (Å²) in [5, 5.41) is 0. The summed E-state index contributed by atoms with van der Waals surface area (Å²) < 4.78 is 0. The molecule has 0 saturated heterocycles. The van der Waals surface area contributed by atoms with E-state index in [1.54, 1.807) is 0 Å². The molecule has 63 valence electrons. The van der Waals surface area contributed by atoms with E-state index in [-0.39, 0.29) is 5.92 Å². The fourth-order valence-electron chi connectivity index (χ4n) is 0.982. The maximum absolute atomic E-state index is 10.2. The third-order valence-electron chi connectivity index (χ3n) is 1.70. The van der Waals surface area contributed by atoms with Crippen LogP contribution in [0.15, 0.2) is 0 Å². The first-order chi connectivity index (χ1) is 5.35. The Labute approximate surface area is 68.0 Å². The summed E-state index contributed by atoms with van der Waals surface area (Å²) in [5.41, 5.74) is 0. The molecule has 0 N–H and O–H groups in total. The van der Waals surface area contributed by atoms with Crippen LogP contribution in [0.1, 0.15) is 39.0 Å². The van der Waals surface area contributed by atoms with Gasteiger partial charge in [-0.25, -0.2) is 0 Å². The van der Waals surface area contributed by atoms with Crippen LogP contribution in [-0.2, 0) is 9.59 Å². The van der Waals surface area contributed by atoms with Crippen LogP contribution < -0.4 is 0 Å². The molecule has 2 heteroatoms. The number of hydrogen-bond donors (Lipinski definition) is 0. The zero-order valence-electron chi connectivity index (χ0n) is 7.01. The van der Waals surface area contributed by atoms with Crippen LogP contribution >= 0.6 is 0 Å². The highest BCUT2D eigenvalue weighted by molar-refractivity contribution is 5.62. The molecule has 1 radical (unpaired) electrons. The minimum absolute atomic E-state index is 0.154. The van der Waals surface area contributed by atoms with E-state index < -0.39 is 0 Å². The summed E-state index contributed by atoms with van der Waals surface area (Å²) in [6.45, 7) is 2.11. The van der Waals surface area contributed by atoms with Gasteiger partial charge in [0.1, 0.15) is 6.29 Å². The summed E-state index contributed by atoms with van der Waals surface area (Å²) in [4.78, 5) is 20.2. The Balaban J connectivity index is 3.35. The Morgan fingerprint density at radius 1 is 1.45 bits per heavy atom. The van der Waals surface area contributed by atoms with Gasteiger partial charge in [-0.05, 0) is 6.42 Å². The lowest BCUT2D eigenvalue weighted by atomic mass is 10.0. The van der Waals surface area contributed by atoms with Gasteiger partial charge < -0.3 is 4.79 Å². The fraction of sp³-hybridized carbons (Fsp3) is 0.778. The first-order valence-corrected chi connectivity index (χ1v) is 4.16. The quantitative estimate of drug-likeness (QED) is 0.415. The third kappa shape index (κ3) is 5.77. The second kappa shape index (κ2) is 7.45. The van der Waals surface area contributed by atoms with Gasteiger partial charge in [0.15, 0.2) is 0 Å². The Morgan fingerprint density at radius 2 is 2.18 bits per heavy atom. The highest BCUT2D eigenvalue weighted by Crippen LogP contribution is 2.09. The molecule has 0 bridgehead atoms. The largest absolute Gasteiger partial charge is 0.303 e. The van der Waals surface area contributed by atoms with Gasteiger partial charge in [0.25, 0.3) is 0 Å². The predicted molar refractivity (Wildman–Crippen MR) is 44.0 cm³/mol. The van der Waals surface area contributed by atoms with Crippen molar-refractivity contribution < 1.29 is 9.59 Å². The van der Waals surface area contributed by atoms with Crippen LogP contribution in [0.5, 0.6) is 0 Å². The van der Waals surface area contributed by atoms with E-state index >= 15 is 0 Å². The van der Waals surface area contributed by atoms with Crippen molar-refractivity contribution in [1.82, 2.24) is 0 Å². The van der Waals surface area contributed by atoms with Crippen molar-refractivity contribution >= 4 is 12.6 Å². The van der Waals surface area contributed by atoms with Crippen LogP contribution in [0, 0.1) is 5.92 Å². The van der Waals surface area contributed by atoms with Gasteiger partial charge in [-0.2, -0.15) is 0 Å². The number of rotatable bonds is 7. The zero-order valence-corrected chi connectivity index (χ0v) is 7.01. The molecule has 0 aromatic rings. The van der Waals surface area contributed by atoms with Crippen LogP contribution in [0.3, 0.4) is 0 Å². The first kappa shape index (κ1) is 10.3. The highest BCUT2D eigenvalue weighted by Gasteiger charge is 2.05. The van der Waals surface area contributed by atoms with Gasteiger partial charge in [-0.3, -0.25) is 4.79 Å². The summed E-state index contributed by atoms with van der Waals surface area (Å²) in [7, 11) is 0. The molecular formula is C9H15O2. The molecule has 0 aliphatic heterocycles. The van der Waals surface area contributed by atoms with E-state index in [1.807, 2.05) is 6.29 Å². The minimum Gasteiger partial charge on any atom is -0.303 e. The number of unbranched alkanes of at least 4 members (excludes halogenated alkanes) is 2. The minimum atomic E-state index is -0.154. The van der Waals surface area contributed by atoms with Crippen LogP contribution in [0.25, 0.3) is 0 Å². The second-order valence-corrected chi connectivity index (χ2v) is 2.71. The van der Waals surface area contributed by atoms with Crippen molar-refractivity contribution in [3.63, 3.8) is 0 Å². The third-order valence-corrected chi connectivity index (χ3v) is 1.70. The Morgan fingerprint density at radius 3 is 2.64 bits per heavy atom. The van der Waals surface area contributed by atoms with Crippen LogP contribution in [-0.4, -0.2) is 12.6 Å². The molecule has 1 atom stereocenters. The maximum atomic E-state index is 10.2. The maximum Gasteiger partial charge on any atom is 0.202 e. The average Bonchev–Trinajstić information content (AvgIpc) is 2.03. The summed E-state index contributed by atoms with van der Waals surface area (Å²) in [5.74, 6) is -0.154. The molecule has 11 heavy (non-hydrogen) atoms. The number of carbonyl (C=O) groups is 1. The molecule has 0 fully saturated rings. The van der Waals surface area contributed by atoms with Gasteiger partial charge in [-0.15, -0.1) is 0 Å². The number of carbonyl (C=O) groups excluding carboxylic acids is 2. The normalized spacial score (nSPS) is 12.5. The molecule has 0 aromatic carbocycles. The van der Waals surface area contributed by atoms with Crippen molar-refractivity contribution in [2.75, 3.05) is 0 Å². The molecule has 2 nitrogen and oxygen atoms in total. The molecule has 0 saturated carbocycles. The summed E-state index contributed by atoms with van der Waals surface area (Å²) in [6.07, 6.45) is 7.14. The standard InChI is InChI=1S/C9H15O2/c1-2-3-4-5-9(8-11)6-7-10/h7,9H,2-6H2,1H3. The van der Waals surface area contributed by atoms with Crippen molar-refractivity contribution in [1.29, 1.82) is 0 Å². The molecule has 0 amide bonds. The van der Waals surface area contributed by atoms with E-state index in [0.717, 1.165) is 32.0 Å². The number of aldehydes is 1.